The number of aromatic nitrogens is 2. The molecule has 0 bridgehead atoms. The zero-order valence-electron chi connectivity index (χ0n) is 15.5. The van der Waals surface area contributed by atoms with E-state index < -0.39 is 0 Å². The predicted molar refractivity (Wildman–Crippen MR) is 107 cm³/mol. The number of benzene rings is 2. The number of aryl methyl sites for hydroxylation is 1. The SMILES string of the molecule is COc1cccc(Cc2nnc(NC(=O)NC(C)c3ccccc3C)s2)c1. The molecule has 0 aliphatic carbocycles. The smallest absolute Gasteiger partial charge is 0.321 e. The largest absolute Gasteiger partial charge is 0.497 e. The molecule has 1 aromatic heterocycles. The van der Waals surface area contributed by atoms with E-state index in [4.69, 9.17) is 4.74 Å². The highest BCUT2D eigenvalue weighted by molar-refractivity contribution is 7.15. The molecule has 2 N–H and O–H groups in total. The summed E-state index contributed by atoms with van der Waals surface area (Å²) in [5, 5.41) is 15.2. The predicted octanol–water partition coefficient (Wildman–Crippen LogP) is 4.33. The monoisotopic (exact) mass is 382 g/mol. The lowest BCUT2D eigenvalue weighted by Gasteiger charge is -2.16. The van der Waals surface area contributed by atoms with Crippen LogP contribution in [-0.2, 0) is 6.42 Å². The summed E-state index contributed by atoms with van der Waals surface area (Å²) in [5.74, 6) is 0.805. The molecular weight excluding hydrogens is 360 g/mol. The van der Waals surface area contributed by atoms with E-state index in [1.807, 2.05) is 62.4 Å². The fraction of sp³-hybridized carbons (Fsp3) is 0.250. The highest BCUT2D eigenvalue weighted by atomic mass is 32.1. The van der Waals surface area contributed by atoms with Crippen LogP contribution in [0.4, 0.5) is 9.93 Å². The number of carbonyl (C=O) groups excluding carboxylic acids is 1. The summed E-state index contributed by atoms with van der Waals surface area (Å²) < 4.78 is 5.23. The van der Waals surface area contributed by atoms with Gasteiger partial charge in [0.15, 0.2) is 0 Å². The molecule has 0 aliphatic heterocycles. The van der Waals surface area contributed by atoms with Crippen LogP contribution in [0.3, 0.4) is 0 Å². The highest BCUT2D eigenvalue weighted by Gasteiger charge is 2.13. The van der Waals surface area contributed by atoms with Gasteiger partial charge in [-0.1, -0.05) is 47.7 Å². The first-order valence-corrected chi connectivity index (χ1v) is 9.45. The van der Waals surface area contributed by atoms with Gasteiger partial charge in [0.2, 0.25) is 5.13 Å². The first-order valence-electron chi connectivity index (χ1n) is 8.63. The topological polar surface area (TPSA) is 76.1 Å². The number of nitrogens with zero attached hydrogens (tertiary/aromatic N) is 2. The Morgan fingerprint density at radius 1 is 1.19 bits per heavy atom. The van der Waals surface area contributed by atoms with Gasteiger partial charge in [0.25, 0.3) is 0 Å². The van der Waals surface area contributed by atoms with Crippen molar-refractivity contribution in [2.75, 3.05) is 12.4 Å². The lowest BCUT2D eigenvalue weighted by molar-refractivity contribution is 0.249. The van der Waals surface area contributed by atoms with E-state index in [0.717, 1.165) is 27.4 Å². The van der Waals surface area contributed by atoms with Gasteiger partial charge in [-0.05, 0) is 42.7 Å². The van der Waals surface area contributed by atoms with Gasteiger partial charge in [0.1, 0.15) is 10.8 Å². The van der Waals surface area contributed by atoms with Crippen molar-refractivity contribution >= 4 is 22.5 Å². The van der Waals surface area contributed by atoms with Gasteiger partial charge < -0.3 is 10.1 Å². The summed E-state index contributed by atoms with van der Waals surface area (Å²) in [6.45, 7) is 3.98. The van der Waals surface area contributed by atoms with Crippen LogP contribution in [0, 0.1) is 6.92 Å². The van der Waals surface area contributed by atoms with Gasteiger partial charge in [-0.25, -0.2) is 4.79 Å². The Morgan fingerprint density at radius 3 is 2.78 bits per heavy atom. The number of hydrogen-bond donors (Lipinski definition) is 2. The van der Waals surface area contributed by atoms with Crippen molar-refractivity contribution in [2.24, 2.45) is 0 Å². The first-order chi connectivity index (χ1) is 13.0. The van der Waals surface area contributed by atoms with E-state index in [1.54, 1.807) is 7.11 Å². The van der Waals surface area contributed by atoms with Crippen molar-refractivity contribution in [3.8, 4) is 5.75 Å². The van der Waals surface area contributed by atoms with Crippen LogP contribution < -0.4 is 15.4 Å². The zero-order valence-corrected chi connectivity index (χ0v) is 16.3. The summed E-state index contributed by atoms with van der Waals surface area (Å²) in [6.07, 6.45) is 0.637. The molecule has 140 valence electrons. The van der Waals surface area contributed by atoms with Crippen molar-refractivity contribution in [3.63, 3.8) is 0 Å². The maximum Gasteiger partial charge on any atom is 0.321 e. The molecule has 27 heavy (non-hydrogen) atoms. The number of hydrogen-bond acceptors (Lipinski definition) is 5. The second-order valence-corrected chi connectivity index (χ2v) is 7.27. The van der Waals surface area contributed by atoms with E-state index >= 15 is 0 Å². The van der Waals surface area contributed by atoms with Crippen molar-refractivity contribution in [2.45, 2.75) is 26.3 Å². The van der Waals surface area contributed by atoms with Crippen LogP contribution in [0.2, 0.25) is 0 Å². The van der Waals surface area contributed by atoms with E-state index in [2.05, 4.69) is 20.8 Å². The Balaban J connectivity index is 1.58. The number of urea groups is 1. The fourth-order valence-corrected chi connectivity index (χ4v) is 3.58. The molecule has 0 radical (unpaired) electrons. The Labute approximate surface area is 162 Å². The quantitative estimate of drug-likeness (QED) is 0.665. The average molecular weight is 382 g/mol. The highest BCUT2D eigenvalue weighted by Crippen LogP contribution is 2.21. The van der Waals surface area contributed by atoms with Gasteiger partial charge in [0.05, 0.1) is 13.2 Å². The second kappa shape index (κ2) is 8.64. The van der Waals surface area contributed by atoms with Gasteiger partial charge >= 0.3 is 6.03 Å². The molecule has 1 unspecified atom stereocenters. The number of methoxy groups -OCH3 is 1. The lowest BCUT2D eigenvalue weighted by atomic mass is 10.0. The van der Waals surface area contributed by atoms with Crippen LogP contribution >= 0.6 is 11.3 Å². The first kappa shape index (κ1) is 18.8. The van der Waals surface area contributed by atoms with Crippen molar-refractivity contribution in [3.05, 3.63) is 70.2 Å². The minimum absolute atomic E-state index is 0.102. The summed E-state index contributed by atoms with van der Waals surface area (Å²) in [7, 11) is 1.64. The molecule has 0 spiro atoms. The molecule has 2 amide bonds. The summed E-state index contributed by atoms with van der Waals surface area (Å²) >= 11 is 1.36. The maximum absolute atomic E-state index is 12.3. The van der Waals surface area contributed by atoms with E-state index in [-0.39, 0.29) is 12.1 Å². The lowest BCUT2D eigenvalue weighted by Crippen LogP contribution is -2.31. The molecule has 0 aliphatic rings. The third-order valence-electron chi connectivity index (χ3n) is 4.18. The zero-order chi connectivity index (χ0) is 19.2. The number of carbonyl (C=O) groups is 1. The molecular formula is C20H22N4O2S. The Bertz CT molecular complexity index is 926. The van der Waals surface area contributed by atoms with Crippen LogP contribution in [0.25, 0.3) is 0 Å². The number of ether oxygens (including phenoxy) is 1. The van der Waals surface area contributed by atoms with Crippen molar-refractivity contribution in [1.82, 2.24) is 15.5 Å². The minimum atomic E-state index is -0.296. The van der Waals surface area contributed by atoms with Crippen LogP contribution in [-0.4, -0.2) is 23.3 Å². The molecule has 0 saturated carbocycles. The van der Waals surface area contributed by atoms with Gasteiger partial charge in [-0.2, -0.15) is 0 Å². The fourth-order valence-electron chi connectivity index (χ4n) is 2.81. The molecule has 0 fully saturated rings. The van der Waals surface area contributed by atoms with Crippen LogP contribution in [0.15, 0.2) is 48.5 Å². The number of nitrogens with one attached hydrogen (secondary N) is 2. The summed E-state index contributed by atoms with van der Waals surface area (Å²) in [6, 6.07) is 15.4. The van der Waals surface area contributed by atoms with Gasteiger partial charge in [-0.15, -0.1) is 10.2 Å². The van der Waals surface area contributed by atoms with Crippen LogP contribution in [0.1, 0.15) is 34.7 Å². The Morgan fingerprint density at radius 2 is 2.00 bits per heavy atom. The molecule has 7 heteroatoms. The van der Waals surface area contributed by atoms with E-state index in [9.17, 15) is 4.79 Å². The van der Waals surface area contributed by atoms with E-state index in [1.165, 1.54) is 11.3 Å². The summed E-state index contributed by atoms with van der Waals surface area (Å²) in [5.41, 5.74) is 3.31. The standard InChI is InChI=1S/C20H22N4O2S/c1-13-7-4-5-10-17(13)14(2)21-19(25)22-20-24-23-18(27-20)12-15-8-6-9-16(11-15)26-3/h4-11,14H,12H2,1-3H3,(H2,21,22,24,25). The van der Waals surface area contributed by atoms with E-state index in [0.29, 0.717) is 11.6 Å². The van der Waals surface area contributed by atoms with Crippen molar-refractivity contribution < 1.29 is 9.53 Å². The normalized spacial score (nSPS) is 11.7. The maximum atomic E-state index is 12.3. The molecule has 3 rings (SSSR count). The summed E-state index contributed by atoms with van der Waals surface area (Å²) in [4.78, 5) is 12.3. The molecule has 2 aromatic carbocycles. The third-order valence-corrected chi connectivity index (χ3v) is 5.02. The molecule has 1 heterocycles. The molecule has 0 saturated heterocycles. The number of anilines is 1. The Kier molecular flexibility index (Phi) is 6.03. The Hall–Kier alpha value is -2.93. The number of rotatable bonds is 6. The molecule has 6 nitrogen and oxygen atoms in total. The third kappa shape index (κ3) is 5.04. The van der Waals surface area contributed by atoms with Gasteiger partial charge in [0, 0.05) is 6.42 Å². The van der Waals surface area contributed by atoms with Crippen LogP contribution in [0.5, 0.6) is 5.75 Å². The number of amides is 2. The molecule has 3 aromatic rings. The molecule has 1 atom stereocenters. The minimum Gasteiger partial charge on any atom is -0.497 e. The van der Waals surface area contributed by atoms with Gasteiger partial charge in [-0.3, -0.25) is 5.32 Å². The average Bonchev–Trinajstić information content (AvgIpc) is 3.08. The van der Waals surface area contributed by atoms with Crippen molar-refractivity contribution in [1.29, 1.82) is 0 Å². The second-order valence-electron chi connectivity index (χ2n) is 6.21.